The first kappa shape index (κ1) is 14.1. The molecule has 1 unspecified atom stereocenters. The Morgan fingerprint density at radius 3 is 2.88 bits per heavy atom. The van der Waals surface area contributed by atoms with Crippen molar-refractivity contribution in [2.24, 2.45) is 0 Å². The Hall–Kier alpha value is -0.980. The van der Waals surface area contributed by atoms with Gasteiger partial charge in [0.05, 0.1) is 11.3 Å². The van der Waals surface area contributed by atoms with Gasteiger partial charge in [-0.2, -0.15) is 0 Å². The zero-order valence-corrected chi connectivity index (χ0v) is 10.9. The van der Waals surface area contributed by atoms with Crippen molar-refractivity contribution in [1.29, 1.82) is 0 Å². The van der Waals surface area contributed by atoms with E-state index >= 15 is 0 Å². The van der Waals surface area contributed by atoms with E-state index in [9.17, 15) is 9.90 Å². The molecule has 6 heteroatoms. The van der Waals surface area contributed by atoms with E-state index in [1.807, 2.05) is 6.92 Å². The first-order chi connectivity index (χ1) is 7.94. The van der Waals surface area contributed by atoms with Gasteiger partial charge >= 0.3 is 5.97 Å². The van der Waals surface area contributed by atoms with E-state index in [-0.39, 0.29) is 5.01 Å². The molecule has 1 atom stereocenters. The van der Waals surface area contributed by atoms with Crippen LogP contribution in [-0.4, -0.2) is 33.3 Å². The topological polar surface area (TPSA) is 82.5 Å². The zero-order chi connectivity index (χ0) is 12.9. The number of carbonyl (C=O) groups is 1. The van der Waals surface area contributed by atoms with Crippen LogP contribution in [0.1, 0.15) is 42.2 Å². The van der Waals surface area contributed by atoms with E-state index < -0.39 is 11.6 Å². The lowest BCUT2D eigenvalue weighted by molar-refractivity contribution is 0.0496. The zero-order valence-electron chi connectivity index (χ0n) is 10.1. The number of aromatic nitrogens is 1. The van der Waals surface area contributed by atoms with E-state index in [2.05, 4.69) is 10.3 Å². The van der Waals surface area contributed by atoms with E-state index in [1.165, 1.54) is 0 Å². The van der Waals surface area contributed by atoms with Crippen LogP contribution in [0.15, 0.2) is 5.38 Å². The lowest BCUT2D eigenvalue weighted by Crippen LogP contribution is -2.37. The molecular formula is C11H18N2O3S. The molecule has 17 heavy (non-hydrogen) atoms. The van der Waals surface area contributed by atoms with Gasteiger partial charge in [-0.3, -0.25) is 0 Å². The largest absolute Gasteiger partial charge is 0.476 e. The van der Waals surface area contributed by atoms with E-state index in [0.717, 1.165) is 24.2 Å². The molecule has 1 aromatic rings. The van der Waals surface area contributed by atoms with Gasteiger partial charge in [-0.15, -0.1) is 11.3 Å². The SMILES string of the molecule is CCCC(C)(O)CNCc1csc(C(=O)O)n1. The van der Waals surface area contributed by atoms with Gasteiger partial charge in [0.1, 0.15) is 0 Å². The Balaban J connectivity index is 2.38. The number of aliphatic hydroxyl groups is 1. The summed E-state index contributed by atoms with van der Waals surface area (Å²) in [6, 6.07) is 0. The number of rotatable bonds is 7. The quantitative estimate of drug-likeness (QED) is 0.690. The fraction of sp³-hybridized carbons (Fsp3) is 0.636. The Morgan fingerprint density at radius 1 is 1.65 bits per heavy atom. The van der Waals surface area contributed by atoms with Gasteiger partial charge in [-0.05, 0) is 13.3 Å². The summed E-state index contributed by atoms with van der Waals surface area (Å²) in [6.07, 6.45) is 1.66. The van der Waals surface area contributed by atoms with Crippen LogP contribution in [0.5, 0.6) is 0 Å². The van der Waals surface area contributed by atoms with Gasteiger partial charge in [0, 0.05) is 18.5 Å². The molecule has 0 aliphatic carbocycles. The molecule has 5 nitrogen and oxygen atoms in total. The number of hydrogen-bond acceptors (Lipinski definition) is 5. The molecule has 1 rings (SSSR count). The van der Waals surface area contributed by atoms with Gasteiger partial charge in [0.2, 0.25) is 5.01 Å². The molecule has 0 saturated heterocycles. The third-order valence-electron chi connectivity index (χ3n) is 2.34. The molecule has 1 heterocycles. The van der Waals surface area contributed by atoms with Gasteiger partial charge < -0.3 is 15.5 Å². The maximum atomic E-state index is 10.6. The molecule has 96 valence electrons. The van der Waals surface area contributed by atoms with Crippen molar-refractivity contribution in [2.45, 2.75) is 38.8 Å². The third-order valence-corrected chi connectivity index (χ3v) is 3.21. The first-order valence-electron chi connectivity index (χ1n) is 5.55. The molecule has 0 aromatic carbocycles. The van der Waals surface area contributed by atoms with Crippen LogP contribution in [0.25, 0.3) is 0 Å². The number of hydrogen-bond donors (Lipinski definition) is 3. The van der Waals surface area contributed by atoms with Crippen LogP contribution in [0.3, 0.4) is 0 Å². The molecule has 0 aliphatic heterocycles. The van der Waals surface area contributed by atoms with Crippen molar-refractivity contribution in [2.75, 3.05) is 6.54 Å². The summed E-state index contributed by atoms with van der Waals surface area (Å²) in [5.41, 5.74) is -0.0277. The van der Waals surface area contributed by atoms with Crippen molar-refractivity contribution in [3.63, 3.8) is 0 Å². The summed E-state index contributed by atoms with van der Waals surface area (Å²) < 4.78 is 0. The molecule has 1 aromatic heterocycles. The number of thiazole rings is 1. The number of nitrogens with zero attached hydrogens (tertiary/aromatic N) is 1. The minimum Gasteiger partial charge on any atom is -0.476 e. The lowest BCUT2D eigenvalue weighted by Gasteiger charge is -2.22. The molecule has 0 radical (unpaired) electrons. The molecule has 3 N–H and O–H groups in total. The van der Waals surface area contributed by atoms with Crippen LogP contribution in [0.4, 0.5) is 0 Å². The highest BCUT2D eigenvalue weighted by molar-refractivity contribution is 7.11. The Morgan fingerprint density at radius 2 is 2.35 bits per heavy atom. The van der Waals surface area contributed by atoms with Gasteiger partial charge in [-0.25, -0.2) is 9.78 Å². The monoisotopic (exact) mass is 258 g/mol. The van der Waals surface area contributed by atoms with Crippen molar-refractivity contribution < 1.29 is 15.0 Å². The Kier molecular flexibility index (Phi) is 5.04. The summed E-state index contributed by atoms with van der Waals surface area (Å²) in [7, 11) is 0. The predicted molar refractivity (Wildman–Crippen MR) is 66.3 cm³/mol. The molecule has 0 fully saturated rings. The molecule has 0 spiro atoms. The van der Waals surface area contributed by atoms with Crippen LogP contribution in [-0.2, 0) is 6.54 Å². The third kappa shape index (κ3) is 4.80. The van der Waals surface area contributed by atoms with Crippen LogP contribution in [0.2, 0.25) is 0 Å². The second-order valence-corrected chi connectivity index (χ2v) is 5.16. The second kappa shape index (κ2) is 6.09. The fourth-order valence-electron chi connectivity index (χ4n) is 1.57. The maximum absolute atomic E-state index is 10.6. The first-order valence-corrected chi connectivity index (χ1v) is 6.43. The molecule has 0 aliphatic rings. The minimum atomic E-state index is -1.00. The summed E-state index contributed by atoms with van der Waals surface area (Å²) in [5.74, 6) is -1.00. The van der Waals surface area contributed by atoms with E-state index in [0.29, 0.717) is 18.8 Å². The number of carboxylic acids is 1. The highest BCUT2D eigenvalue weighted by Crippen LogP contribution is 2.12. The predicted octanol–water partition coefficient (Wildman–Crippen LogP) is 1.48. The van der Waals surface area contributed by atoms with Crippen LogP contribution in [0, 0.1) is 0 Å². The lowest BCUT2D eigenvalue weighted by atomic mass is 10.0. The standard InChI is InChI=1S/C11H18N2O3S/c1-3-4-11(2,16)7-12-5-8-6-17-9(13-8)10(14)15/h6,12,16H,3-5,7H2,1-2H3,(H,14,15). The molecular weight excluding hydrogens is 240 g/mol. The number of aromatic carboxylic acids is 1. The normalized spacial score (nSPS) is 14.5. The fourth-order valence-corrected chi connectivity index (χ4v) is 2.23. The van der Waals surface area contributed by atoms with Crippen molar-refractivity contribution in [3.05, 3.63) is 16.1 Å². The maximum Gasteiger partial charge on any atom is 0.365 e. The van der Waals surface area contributed by atoms with E-state index in [4.69, 9.17) is 5.11 Å². The molecule has 0 amide bonds. The summed E-state index contributed by atoms with van der Waals surface area (Å²) in [6.45, 7) is 4.76. The summed E-state index contributed by atoms with van der Waals surface area (Å²) >= 11 is 1.11. The van der Waals surface area contributed by atoms with Crippen molar-refractivity contribution >= 4 is 17.3 Å². The minimum absolute atomic E-state index is 0.0992. The highest BCUT2D eigenvalue weighted by atomic mass is 32.1. The second-order valence-electron chi connectivity index (χ2n) is 4.30. The number of carboxylic acid groups (broad SMARTS) is 1. The Bertz CT molecular complexity index is 377. The smallest absolute Gasteiger partial charge is 0.365 e. The number of nitrogens with one attached hydrogen (secondary N) is 1. The van der Waals surface area contributed by atoms with E-state index in [1.54, 1.807) is 12.3 Å². The Labute approximate surface area is 105 Å². The summed E-state index contributed by atoms with van der Waals surface area (Å²) in [4.78, 5) is 14.6. The molecule has 0 saturated carbocycles. The van der Waals surface area contributed by atoms with Crippen molar-refractivity contribution in [3.8, 4) is 0 Å². The summed E-state index contributed by atoms with van der Waals surface area (Å²) in [5, 5.41) is 23.5. The van der Waals surface area contributed by atoms with Crippen molar-refractivity contribution in [1.82, 2.24) is 10.3 Å². The van der Waals surface area contributed by atoms with Gasteiger partial charge in [0.15, 0.2) is 0 Å². The van der Waals surface area contributed by atoms with Gasteiger partial charge in [-0.1, -0.05) is 13.3 Å². The molecule has 0 bridgehead atoms. The van der Waals surface area contributed by atoms with Crippen LogP contribution >= 0.6 is 11.3 Å². The van der Waals surface area contributed by atoms with Gasteiger partial charge in [0.25, 0.3) is 0 Å². The average Bonchev–Trinajstić information content (AvgIpc) is 2.66. The highest BCUT2D eigenvalue weighted by Gasteiger charge is 2.18. The van der Waals surface area contributed by atoms with Crippen LogP contribution < -0.4 is 5.32 Å². The average molecular weight is 258 g/mol.